The highest BCUT2D eigenvalue weighted by Crippen LogP contribution is 2.20. The lowest BCUT2D eigenvalue weighted by Gasteiger charge is -1.97. The van der Waals surface area contributed by atoms with E-state index in [1.165, 1.54) is 18.2 Å². The SMILES string of the molecule is N#CC(C#N)=C(N)/C(C#N)=C/c1ccc([N+](=O)[O-])o1. The van der Waals surface area contributed by atoms with Crippen LogP contribution >= 0.6 is 0 Å². The normalized spacial score (nSPS) is 9.84. The topological polar surface area (TPSA) is 154 Å². The molecule has 0 atom stereocenters. The molecule has 19 heavy (non-hydrogen) atoms. The van der Waals surface area contributed by atoms with Crippen molar-refractivity contribution in [2.75, 3.05) is 0 Å². The summed E-state index contributed by atoms with van der Waals surface area (Å²) >= 11 is 0. The molecule has 0 spiro atoms. The highest BCUT2D eigenvalue weighted by Gasteiger charge is 2.13. The Morgan fingerprint density at radius 1 is 1.32 bits per heavy atom. The van der Waals surface area contributed by atoms with Crippen LogP contribution in [0, 0.1) is 44.1 Å². The standard InChI is InChI=1S/C11H5N5O3/c12-4-7(11(15)8(5-13)6-14)3-9-1-2-10(19-9)16(17)18/h1-3H,15H2/b7-3+. The molecule has 92 valence electrons. The summed E-state index contributed by atoms with van der Waals surface area (Å²) in [5, 5.41) is 36.5. The Bertz CT molecular complexity index is 690. The quantitative estimate of drug-likeness (QED) is 0.370. The zero-order chi connectivity index (χ0) is 14.4. The number of nitrogens with zero attached hydrogens (tertiary/aromatic N) is 4. The second kappa shape index (κ2) is 5.67. The van der Waals surface area contributed by atoms with Gasteiger partial charge in [0, 0.05) is 6.08 Å². The van der Waals surface area contributed by atoms with Gasteiger partial charge in [0.15, 0.2) is 5.57 Å². The van der Waals surface area contributed by atoms with Crippen LogP contribution in [0.15, 0.2) is 33.4 Å². The van der Waals surface area contributed by atoms with Gasteiger partial charge in [0.2, 0.25) is 0 Å². The predicted molar refractivity (Wildman–Crippen MR) is 61.4 cm³/mol. The monoisotopic (exact) mass is 255 g/mol. The van der Waals surface area contributed by atoms with E-state index in [2.05, 4.69) is 0 Å². The lowest BCUT2D eigenvalue weighted by molar-refractivity contribution is -0.402. The Kier molecular flexibility index (Phi) is 4.03. The molecule has 0 aliphatic rings. The van der Waals surface area contributed by atoms with Gasteiger partial charge in [-0.3, -0.25) is 10.1 Å². The lowest BCUT2D eigenvalue weighted by Crippen LogP contribution is -2.03. The molecular weight excluding hydrogens is 250 g/mol. The minimum atomic E-state index is -0.738. The van der Waals surface area contributed by atoms with Crippen molar-refractivity contribution in [1.29, 1.82) is 15.8 Å². The largest absolute Gasteiger partial charge is 0.433 e. The van der Waals surface area contributed by atoms with Gasteiger partial charge in [-0.05, 0) is 6.07 Å². The molecule has 1 heterocycles. The molecule has 0 radical (unpaired) electrons. The summed E-state index contributed by atoms with van der Waals surface area (Å²) in [6.45, 7) is 0. The van der Waals surface area contributed by atoms with Crippen LogP contribution in [-0.2, 0) is 0 Å². The summed E-state index contributed by atoms with van der Waals surface area (Å²) in [5.74, 6) is -0.478. The summed E-state index contributed by atoms with van der Waals surface area (Å²) < 4.78 is 4.80. The average molecular weight is 255 g/mol. The van der Waals surface area contributed by atoms with Crippen LogP contribution < -0.4 is 5.73 Å². The number of nitrogens with two attached hydrogens (primary N) is 1. The van der Waals surface area contributed by atoms with Crippen molar-refractivity contribution in [2.45, 2.75) is 0 Å². The minimum Gasteiger partial charge on any atom is -0.401 e. The van der Waals surface area contributed by atoms with Crippen LogP contribution in [0.3, 0.4) is 0 Å². The lowest BCUT2D eigenvalue weighted by atomic mass is 10.1. The Balaban J connectivity index is 3.25. The van der Waals surface area contributed by atoms with E-state index in [1.54, 1.807) is 6.07 Å². The van der Waals surface area contributed by atoms with E-state index >= 15 is 0 Å². The van der Waals surface area contributed by atoms with Gasteiger partial charge in [-0.1, -0.05) is 0 Å². The molecule has 0 aromatic carbocycles. The Hall–Kier alpha value is -3.57. The van der Waals surface area contributed by atoms with E-state index in [0.29, 0.717) is 0 Å². The molecule has 0 saturated heterocycles. The number of nitro groups is 1. The Morgan fingerprint density at radius 2 is 1.95 bits per heavy atom. The van der Waals surface area contributed by atoms with Crippen LogP contribution in [0.25, 0.3) is 6.08 Å². The maximum absolute atomic E-state index is 10.4. The molecule has 0 aliphatic carbocycles. The van der Waals surface area contributed by atoms with Crippen LogP contribution in [0.1, 0.15) is 5.76 Å². The summed E-state index contributed by atoms with van der Waals surface area (Å²) in [7, 11) is 0. The van der Waals surface area contributed by atoms with Gasteiger partial charge in [-0.25, -0.2) is 0 Å². The van der Waals surface area contributed by atoms with Crippen molar-refractivity contribution < 1.29 is 9.34 Å². The first kappa shape index (κ1) is 13.5. The maximum atomic E-state index is 10.4. The molecular formula is C11H5N5O3. The van der Waals surface area contributed by atoms with E-state index in [1.807, 2.05) is 0 Å². The van der Waals surface area contributed by atoms with Crippen molar-refractivity contribution in [2.24, 2.45) is 5.73 Å². The second-order valence-electron chi connectivity index (χ2n) is 3.12. The van der Waals surface area contributed by atoms with Crippen molar-refractivity contribution >= 4 is 12.0 Å². The van der Waals surface area contributed by atoms with Crippen LogP contribution in [0.2, 0.25) is 0 Å². The minimum absolute atomic E-state index is 0.0152. The second-order valence-corrected chi connectivity index (χ2v) is 3.12. The number of furan rings is 1. The van der Waals surface area contributed by atoms with Gasteiger partial charge in [-0.15, -0.1) is 0 Å². The third-order valence-electron chi connectivity index (χ3n) is 1.98. The molecule has 1 aromatic heterocycles. The summed E-state index contributed by atoms with van der Waals surface area (Å²) in [5.41, 5.74) is 4.55. The van der Waals surface area contributed by atoms with Gasteiger partial charge < -0.3 is 10.2 Å². The van der Waals surface area contributed by atoms with E-state index in [4.69, 9.17) is 25.9 Å². The van der Waals surface area contributed by atoms with Gasteiger partial charge in [0.1, 0.15) is 28.9 Å². The van der Waals surface area contributed by atoms with E-state index in [0.717, 1.165) is 12.1 Å². The fraction of sp³-hybridized carbons (Fsp3) is 0. The fourth-order valence-corrected chi connectivity index (χ4v) is 1.11. The average Bonchev–Trinajstić information content (AvgIpc) is 2.86. The summed E-state index contributed by atoms with van der Waals surface area (Å²) in [6, 6.07) is 7.13. The smallest absolute Gasteiger partial charge is 0.401 e. The predicted octanol–water partition coefficient (Wildman–Crippen LogP) is 1.35. The highest BCUT2D eigenvalue weighted by molar-refractivity contribution is 5.64. The van der Waals surface area contributed by atoms with Crippen LogP contribution in [0.5, 0.6) is 0 Å². The van der Waals surface area contributed by atoms with Gasteiger partial charge in [0.05, 0.1) is 17.3 Å². The van der Waals surface area contributed by atoms with Crippen LogP contribution in [0.4, 0.5) is 5.88 Å². The summed E-state index contributed by atoms with van der Waals surface area (Å²) in [4.78, 5) is 9.67. The van der Waals surface area contributed by atoms with Gasteiger partial charge in [0.25, 0.3) is 0 Å². The summed E-state index contributed by atoms with van der Waals surface area (Å²) in [6.07, 6.45) is 1.11. The fourth-order valence-electron chi connectivity index (χ4n) is 1.11. The molecule has 1 rings (SSSR count). The van der Waals surface area contributed by atoms with Gasteiger partial charge in [-0.2, -0.15) is 15.8 Å². The molecule has 8 nitrogen and oxygen atoms in total. The number of hydrogen-bond acceptors (Lipinski definition) is 7. The third-order valence-corrected chi connectivity index (χ3v) is 1.98. The van der Waals surface area contributed by atoms with Crippen molar-refractivity contribution in [3.8, 4) is 18.2 Å². The molecule has 0 fully saturated rings. The first-order valence-electron chi connectivity index (χ1n) is 4.69. The molecule has 0 aliphatic heterocycles. The first-order valence-corrected chi connectivity index (χ1v) is 4.69. The van der Waals surface area contributed by atoms with E-state index in [9.17, 15) is 10.1 Å². The number of rotatable bonds is 3. The Labute approximate surface area is 107 Å². The zero-order valence-corrected chi connectivity index (χ0v) is 9.32. The van der Waals surface area contributed by atoms with Crippen LogP contribution in [-0.4, -0.2) is 4.92 Å². The first-order chi connectivity index (χ1) is 9.03. The molecule has 2 N–H and O–H groups in total. The molecule has 0 bridgehead atoms. The maximum Gasteiger partial charge on any atom is 0.433 e. The third kappa shape index (κ3) is 2.96. The van der Waals surface area contributed by atoms with Crippen molar-refractivity contribution in [3.63, 3.8) is 0 Å². The molecule has 0 unspecified atom stereocenters. The Morgan fingerprint density at radius 3 is 2.37 bits per heavy atom. The molecule has 8 heteroatoms. The molecule has 1 aromatic rings. The highest BCUT2D eigenvalue weighted by atomic mass is 16.6. The molecule has 0 saturated carbocycles. The van der Waals surface area contributed by atoms with E-state index < -0.39 is 16.4 Å². The number of hydrogen-bond donors (Lipinski definition) is 1. The van der Waals surface area contributed by atoms with Crippen molar-refractivity contribution in [3.05, 3.63) is 44.9 Å². The van der Waals surface area contributed by atoms with Gasteiger partial charge >= 0.3 is 5.88 Å². The number of nitriles is 3. The van der Waals surface area contributed by atoms with Crippen molar-refractivity contribution in [1.82, 2.24) is 0 Å². The van der Waals surface area contributed by atoms with E-state index in [-0.39, 0.29) is 17.0 Å². The molecule has 0 amide bonds. The zero-order valence-electron chi connectivity index (χ0n) is 9.32. The number of allylic oxidation sites excluding steroid dienone is 2.